The molecule has 0 spiro atoms. The number of fused-ring (bicyclic) bond motifs is 14. The third-order valence-corrected chi connectivity index (χ3v) is 12.2. The Morgan fingerprint density at radius 3 is 1.72 bits per heavy atom. The van der Waals surface area contributed by atoms with E-state index in [9.17, 15) is 0 Å². The summed E-state index contributed by atoms with van der Waals surface area (Å²) < 4.78 is 7.53. The molecule has 246 valence electrons. The molecule has 0 aliphatic rings. The van der Waals surface area contributed by atoms with E-state index in [1.54, 1.807) is 0 Å². The summed E-state index contributed by atoms with van der Waals surface area (Å²) in [5.41, 5.74) is 10.1. The van der Waals surface area contributed by atoms with Gasteiger partial charge in [0.1, 0.15) is 0 Å². The van der Waals surface area contributed by atoms with Gasteiger partial charge < -0.3 is 9.13 Å². The Balaban J connectivity index is 1.20. The summed E-state index contributed by atoms with van der Waals surface area (Å²) in [5, 5.41) is 11.2. The molecule has 4 aromatic heterocycles. The van der Waals surface area contributed by atoms with Gasteiger partial charge in [0, 0.05) is 74.8 Å². The summed E-state index contributed by atoms with van der Waals surface area (Å²) >= 11 is 1.87. The Morgan fingerprint density at radius 1 is 0.377 bits per heavy atom. The van der Waals surface area contributed by atoms with Gasteiger partial charge in [-0.2, -0.15) is 0 Å². The third kappa shape index (κ3) is 4.01. The number of rotatable bonds is 3. The minimum Gasteiger partial charge on any atom is -0.307 e. The number of benzene rings is 8. The minimum absolute atomic E-state index is 1.00. The fourth-order valence-corrected chi connectivity index (χ4v) is 10.00. The monoisotopic (exact) mass is 691 g/mol. The van der Waals surface area contributed by atoms with Crippen LogP contribution in [0.3, 0.4) is 0 Å². The molecule has 4 heterocycles. The average molecular weight is 692 g/mol. The van der Waals surface area contributed by atoms with Crippen molar-refractivity contribution in [1.82, 2.24) is 14.1 Å². The molecule has 0 atom stereocenters. The van der Waals surface area contributed by atoms with Crippen molar-refractivity contribution in [2.75, 3.05) is 0 Å². The van der Waals surface area contributed by atoms with Crippen molar-refractivity contribution in [1.29, 1.82) is 0 Å². The summed E-state index contributed by atoms with van der Waals surface area (Å²) in [6.45, 7) is 0. The molecule has 8 aromatic carbocycles. The van der Waals surface area contributed by atoms with Crippen molar-refractivity contribution < 1.29 is 0 Å². The van der Waals surface area contributed by atoms with Crippen LogP contribution in [0.2, 0.25) is 0 Å². The summed E-state index contributed by atoms with van der Waals surface area (Å²) in [5.74, 6) is 0. The van der Waals surface area contributed by atoms with Gasteiger partial charge in [-0.15, -0.1) is 11.3 Å². The van der Waals surface area contributed by atoms with Gasteiger partial charge in [0.2, 0.25) is 0 Å². The first-order valence-corrected chi connectivity index (χ1v) is 18.9. The SMILES string of the molecule is c1ccc(-n2c3ccccc3c3ccc4c5ccccc5n(-c5cccc(-c6nc7ccccc7c7c6ccc6sc8ccccc8c67)c5)c4c32)cc1. The van der Waals surface area contributed by atoms with Gasteiger partial charge >= 0.3 is 0 Å². The quantitative estimate of drug-likeness (QED) is 0.169. The fourth-order valence-electron chi connectivity index (χ4n) is 8.88. The van der Waals surface area contributed by atoms with Gasteiger partial charge in [0.05, 0.1) is 33.3 Å². The lowest BCUT2D eigenvalue weighted by Crippen LogP contribution is -1.99. The Morgan fingerprint density at radius 2 is 0.962 bits per heavy atom. The van der Waals surface area contributed by atoms with Crippen LogP contribution in [0.1, 0.15) is 0 Å². The highest BCUT2D eigenvalue weighted by Gasteiger charge is 2.22. The molecule has 0 radical (unpaired) electrons. The van der Waals surface area contributed by atoms with Crippen molar-refractivity contribution in [2.45, 2.75) is 0 Å². The third-order valence-electron chi connectivity index (χ3n) is 11.1. The van der Waals surface area contributed by atoms with E-state index in [4.69, 9.17) is 4.98 Å². The van der Waals surface area contributed by atoms with Crippen LogP contribution in [-0.2, 0) is 0 Å². The molecular weight excluding hydrogens is 663 g/mol. The maximum absolute atomic E-state index is 5.41. The predicted molar refractivity (Wildman–Crippen MR) is 226 cm³/mol. The standard InChI is InChI=1S/C49H29N3S/c1-2-14-31(15-3-1)51-41-22-9-5-17-33(41)35-25-26-36-34-18-6-10-23-42(34)52(49(36)48(35)51)32-16-12-13-30(29-32)47-39-27-28-44-46(38-20-7-11-24-43(38)53-44)45(39)37-19-4-8-21-40(37)50-47/h1-29H. The van der Waals surface area contributed by atoms with Crippen molar-refractivity contribution in [3.63, 3.8) is 0 Å². The van der Waals surface area contributed by atoms with Crippen LogP contribution in [-0.4, -0.2) is 14.1 Å². The molecule has 0 unspecified atom stereocenters. The Bertz CT molecular complexity index is 3460. The molecule has 3 nitrogen and oxygen atoms in total. The Labute approximate surface area is 308 Å². The van der Waals surface area contributed by atoms with Gasteiger partial charge in [-0.1, -0.05) is 121 Å². The summed E-state index contributed by atoms with van der Waals surface area (Å²) in [6, 6.07) is 64.0. The van der Waals surface area contributed by atoms with E-state index in [0.717, 1.165) is 28.1 Å². The van der Waals surface area contributed by atoms with Gasteiger partial charge in [0.25, 0.3) is 0 Å². The highest BCUT2D eigenvalue weighted by atomic mass is 32.1. The number of thiophene rings is 1. The highest BCUT2D eigenvalue weighted by molar-refractivity contribution is 7.26. The van der Waals surface area contributed by atoms with E-state index in [1.807, 2.05) is 11.3 Å². The largest absolute Gasteiger partial charge is 0.307 e. The van der Waals surface area contributed by atoms with Crippen molar-refractivity contribution in [2.24, 2.45) is 0 Å². The predicted octanol–water partition coefficient (Wildman–Crippen LogP) is 13.6. The molecule has 0 saturated carbocycles. The van der Waals surface area contributed by atoms with Gasteiger partial charge in [0.15, 0.2) is 0 Å². The topological polar surface area (TPSA) is 22.8 Å². The fraction of sp³-hybridized carbons (Fsp3) is 0. The molecular formula is C49H29N3S. The molecule has 0 N–H and O–H groups in total. The molecule has 0 saturated heterocycles. The molecule has 4 heteroatoms. The second kappa shape index (κ2) is 10.9. The lowest BCUT2D eigenvalue weighted by atomic mass is 9.96. The first-order valence-electron chi connectivity index (χ1n) is 18.1. The van der Waals surface area contributed by atoms with Crippen LogP contribution in [0, 0.1) is 0 Å². The second-order valence-corrected chi connectivity index (χ2v) is 15.0. The average Bonchev–Trinajstić information content (AvgIpc) is 3.89. The second-order valence-electron chi connectivity index (χ2n) is 13.9. The molecule has 12 rings (SSSR count). The summed E-state index contributed by atoms with van der Waals surface area (Å²) in [6.07, 6.45) is 0. The van der Waals surface area contributed by atoms with Crippen LogP contribution in [0.15, 0.2) is 176 Å². The highest BCUT2D eigenvalue weighted by Crippen LogP contribution is 2.45. The van der Waals surface area contributed by atoms with Crippen LogP contribution in [0.5, 0.6) is 0 Å². The zero-order chi connectivity index (χ0) is 34.6. The molecule has 53 heavy (non-hydrogen) atoms. The van der Waals surface area contributed by atoms with Crippen LogP contribution in [0.4, 0.5) is 0 Å². The Hall–Kier alpha value is -6.75. The van der Waals surface area contributed by atoms with Gasteiger partial charge in [-0.25, -0.2) is 4.98 Å². The normalized spacial score (nSPS) is 12.2. The first kappa shape index (κ1) is 28.9. The van der Waals surface area contributed by atoms with E-state index >= 15 is 0 Å². The van der Waals surface area contributed by atoms with E-state index in [2.05, 4.69) is 185 Å². The molecule has 0 aliphatic carbocycles. The van der Waals surface area contributed by atoms with E-state index in [0.29, 0.717) is 0 Å². The zero-order valence-electron chi connectivity index (χ0n) is 28.5. The van der Waals surface area contributed by atoms with Crippen LogP contribution < -0.4 is 0 Å². The first-order chi connectivity index (χ1) is 26.3. The number of para-hydroxylation sites is 4. The van der Waals surface area contributed by atoms with Crippen molar-refractivity contribution in [3.05, 3.63) is 176 Å². The van der Waals surface area contributed by atoms with Gasteiger partial charge in [-0.05, 0) is 54.6 Å². The summed E-state index contributed by atoms with van der Waals surface area (Å²) in [7, 11) is 0. The lowest BCUT2D eigenvalue weighted by Gasteiger charge is -2.15. The van der Waals surface area contributed by atoms with Crippen molar-refractivity contribution in [3.8, 4) is 22.6 Å². The zero-order valence-corrected chi connectivity index (χ0v) is 29.3. The number of hydrogen-bond acceptors (Lipinski definition) is 2. The van der Waals surface area contributed by atoms with Crippen LogP contribution in [0.25, 0.3) is 108 Å². The maximum Gasteiger partial charge on any atom is 0.0789 e. The molecule has 0 amide bonds. The van der Waals surface area contributed by atoms with E-state index in [1.165, 1.54) is 79.9 Å². The summed E-state index contributed by atoms with van der Waals surface area (Å²) in [4.78, 5) is 5.41. The smallest absolute Gasteiger partial charge is 0.0789 e. The lowest BCUT2D eigenvalue weighted by molar-refractivity contribution is 1.15. The van der Waals surface area contributed by atoms with Gasteiger partial charge in [-0.3, -0.25) is 0 Å². The van der Waals surface area contributed by atoms with E-state index < -0.39 is 0 Å². The number of aromatic nitrogens is 3. The molecule has 12 aromatic rings. The number of pyridine rings is 1. The molecule has 0 aliphatic heterocycles. The Kier molecular flexibility index (Phi) is 5.93. The minimum atomic E-state index is 1.00. The molecule has 0 fully saturated rings. The number of nitrogens with zero attached hydrogens (tertiary/aromatic N) is 3. The number of hydrogen-bond donors (Lipinski definition) is 0. The maximum atomic E-state index is 5.41. The van der Waals surface area contributed by atoms with Crippen molar-refractivity contribution >= 4 is 96.8 Å². The van der Waals surface area contributed by atoms with E-state index in [-0.39, 0.29) is 0 Å². The molecule has 0 bridgehead atoms. The van der Waals surface area contributed by atoms with Crippen LogP contribution >= 0.6 is 11.3 Å².